The first-order valence-electron chi connectivity index (χ1n) is 7.72. The van der Waals surface area contributed by atoms with Crippen LogP contribution in [0.1, 0.15) is 11.1 Å². The number of nitrogens with zero attached hydrogens (tertiary/aromatic N) is 1. The minimum Gasteiger partial charge on any atom is -0.493 e. The Morgan fingerprint density at radius 1 is 1.00 bits per heavy atom. The summed E-state index contributed by atoms with van der Waals surface area (Å²) in [6.07, 6.45) is 0. The van der Waals surface area contributed by atoms with Gasteiger partial charge < -0.3 is 20.1 Å². The van der Waals surface area contributed by atoms with Crippen molar-refractivity contribution in [3.8, 4) is 11.5 Å². The number of nitrogens with one attached hydrogen (secondary N) is 2. The van der Waals surface area contributed by atoms with Crippen molar-refractivity contribution in [2.75, 3.05) is 14.2 Å². The van der Waals surface area contributed by atoms with Gasteiger partial charge in [-0.1, -0.05) is 36.4 Å². The fourth-order valence-corrected chi connectivity index (χ4v) is 2.21. The van der Waals surface area contributed by atoms with Gasteiger partial charge in [0.25, 0.3) is 0 Å². The summed E-state index contributed by atoms with van der Waals surface area (Å²) in [7, 11) is 3.07. The van der Waals surface area contributed by atoms with Crippen molar-refractivity contribution in [2.45, 2.75) is 19.7 Å². The first-order valence-corrected chi connectivity index (χ1v) is 7.72. The van der Waals surface area contributed by atoms with E-state index in [9.17, 15) is 8.78 Å². The molecule has 5 nitrogen and oxygen atoms in total. The van der Waals surface area contributed by atoms with Crippen LogP contribution in [0.5, 0.6) is 11.5 Å². The quantitative estimate of drug-likeness (QED) is 0.362. The highest BCUT2D eigenvalue weighted by molar-refractivity contribution is 14.0. The molecule has 0 aliphatic carbocycles. The van der Waals surface area contributed by atoms with Gasteiger partial charge in [-0.2, -0.15) is 8.78 Å². The normalized spacial score (nSPS) is 10.9. The lowest BCUT2D eigenvalue weighted by Crippen LogP contribution is -2.36. The van der Waals surface area contributed by atoms with Crippen LogP contribution in [-0.2, 0) is 13.1 Å². The first kappa shape index (κ1) is 21.9. The second-order valence-electron chi connectivity index (χ2n) is 5.13. The molecule has 0 aromatic heterocycles. The van der Waals surface area contributed by atoms with Gasteiger partial charge in [0.1, 0.15) is 0 Å². The molecular formula is C18H22F2IN3O2. The Bertz CT molecular complexity index is 700. The average molecular weight is 477 g/mol. The summed E-state index contributed by atoms with van der Waals surface area (Å²) in [4.78, 5) is 4.14. The molecule has 0 spiro atoms. The van der Waals surface area contributed by atoms with Crippen molar-refractivity contribution in [3.63, 3.8) is 0 Å². The maximum Gasteiger partial charge on any atom is 0.387 e. The zero-order valence-corrected chi connectivity index (χ0v) is 16.9. The third-order valence-corrected chi connectivity index (χ3v) is 3.43. The molecule has 0 heterocycles. The smallest absolute Gasteiger partial charge is 0.387 e. The topological polar surface area (TPSA) is 54.9 Å². The Kier molecular flexibility index (Phi) is 9.71. The molecule has 2 N–H and O–H groups in total. The van der Waals surface area contributed by atoms with Crippen molar-refractivity contribution >= 4 is 29.9 Å². The summed E-state index contributed by atoms with van der Waals surface area (Å²) in [5.41, 5.74) is 1.89. The van der Waals surface area contributed by atoms with Crippen LogP contribution in [0.25, 0.3) is 0 Å². The van der Waals surface area contributed by atoms with Crippen LogP contribution in [0, 0.1) is 0 Å². The Labute approximate surface area is 168 Å². The molecule has 0 atom stereocenters. The fraction of sp³-hybridized carbons (Fsp3) is 0.278. The van der Waals surface area contributed by atoms with Gasteiger partial charge in [0, 0.05) is 20.1 Å². The van der Waals surface area contributed by atoms with Crippen LogP contribution in [0.3, 0.4) is 0 Å². The lowest BCUT2D eigenvalue weighted by atomic mass is 10.2. The zero-order valence-electron chi connectivity index (χ0n) is 14.5. The molecular weight excluding hydrogens is 455 g/mol. The molecule has 0 unspecified atom stereocenters. The van der Waals surface area contributed by atoms with E-state index < -0.39 is 6.61 Å². The summed E-state index contributed by atoms with van der Waals surface area (Å²) < 4.78 is 34.5. The van der Waals surface area contributed by atoms with Gasteiger partial charge in [0.2, 0.25) is 0 Å². The van der Waals surface area contributed by atoms with Crippen LogP contribution < -0.4 is 20.1 Å². The van der Waals surface area contributed by atoms with Gasteiger partial charge in [-0.3, -0.25) is 4.99 Å². The van der Waals surface area contributed by atoms with E-state index in [-0.39, 0.29) is 35.5 Å². The minimum atomic E-state index is -2.91. The van der Waals surface area contributed by atoms with Crippen LogP contribution in [0.2, 0.25) is 0 Å². The van der Waals surface area contributed by atoms with Gasteiger partial charge in [0.15, 0.2) is 17.5 Å². The summed E-state index contributed by atoms with van der Waals surface area (Å²) in [6.45, 7) is -1.88. The lowest BCUT2D eigenvalue weighted by molar-refractivity contribution is -0.0512. The van der Waals surface area contributed by atoms with Crippen molar-refractivity contribution in [1.29, 1.82) is 0 Å². The number of hydrogen-bond donors (Lipinski definition) is 2. The number of aliphatic imine (C=N–C) groups is 1. The summed E-state index contributed by atoms with van der Waals surface area (Å²) in [5.74, 6) is 0.871. The van der Waals surface area contributed by atoms with Gasteiger partial charge in [-0.15, -0.1) is 24.0 Å². The Hall–Kier alpha value is -2.10. The maximum absolute atomic E-state index is 12.5. The van der Waals surface area contributed by atoms with Crippen molar-refractivity contribution in [3.05, 3.63) is 59.7 Å². The van der Waals surface area contributed by atoms with Gasteiger partial charge in [-0.05, 0) is 23.3 Å². The van der Waals surface area contributed by atoms with E-state index >= 15 is 0 Å². The summed E-state index contributed by atoms with van der Waals surface area (Å²) >= 11 is 0. The van der Waals surface area contributed by atoms with Crippen LogP contribution >= 0.6 is 24.0 Å². The number of guanidine groups is 1. The number of benzene rings is 2. The third kappa shape index (κ3) is 7.03. The molecule has 2 rings (SSSR count). The summed E-state index contributed by atoms with van der Waals surface area (Å²) in [6, 6.07) is 14.8. The number of ether oxygens (including phenoxy) is 2. The van der Waals surface area contributed by atoms with E-state index in [1.807, 2.05) is 30.3 Å². The van der Waals surface area contributed by atoms with E-state index in [1.165, 1.54) is 13.2 Å². The molecule has 2 aromatic carbocycles. The third-order valence-electron chi connectivity index (χ3n) is 3.43. The highest BCUT2D eigenvalue weighted by Gasteiger charge is 2.11. The molecule has 0 saturated carbocycles. The predicted molar refractivity (Wildman–Crippen MR) is 109 cm³/mol. The Balaban J connectivity index is 0.00000338. The molecule has 0 bridgehead atoms. The molecule has 26 heavy (non-hydrogen) atoms. The monoisotopic (exact) mass is 477 g/mol. The lowest BCUT2D eigenvalue weighted by Gasteiger charge is -2.14. The van der Waals surface area contributed by atoms with E-state index in [4.69, 9.17) is 4.74 Å². The van der Waals surface area contributed by atoms with Gasteiger partial charge in [0.05, 0.1) is 7.11 Å². The van der Waals surface area contributed by atoms with Gasteiger partial charge in [-0.25, -0.2) is 0 Å². The zero-order chi connectivity index (χ0) is 18.1. The fourth-order valence-electron chi connectivity index (χ4n) is 2.21. The summed E-state index contributed by atoms with van der Waals surface area (Å²) in [5, 5.41) is 6.32. The largest absolute Gasteiger partial charge is 0.493 e. The first-order chi connectivity index (χ1) is 12.1. The molecule has 0 radical (unpaired) electrons. The molecule has 0 aliphatic heterocycles. The SMILES string of the molecule is CN=C(NCc1ccccc1)NCc1ccc(OC)c(OC(F)F)c1.I. The highest BCUT2D eigenvalue weighted by Crippen LogP contribution is 2.29. The standard InChI is InChI=1S/C18H21F2N3O2.HI/c1-21-18(22-11-13-6-4-3-5-7-13)23-12-14-8-9-15(24-2)16(10-14)25-17(19)20;/h3-10,17H,11-12H2,1-2H3,(H2,21,22,23);1H. The average Bonchev–Trinajstić information content (AvgIpc) is 2.62. The number of halogens is 3. The Morgan fingerprint density at radius 2 is 1.65 bits per heavy atom. The van der Waals surface area contributed by atoms with E-state index in [0.29, 0.717) is 19.0 Å². The molecule has 8 heteroatoms. The maximum atomic E-state index is 12.5. The van der Waals surface area contributed by atoms with E-state index in [0.717, 1.165) is 11.1 Å². The van der Waals surface area contributed by atoms with E-state index in [2.05, 4.69) is 20.4 Å². The molecule has 0 saturated heterocycles. The number of rotatable bonds is 7. The molecule has 0 amide bonds. The van der Waals surface area contributed by atoms with Crippen molar-refractivity contribution in [2.24, 2.45) is 4.99 Å². The molecule has 2 aromatic rings. The Morgan fingerprint density at radius 3 is 2.23 bits per heavy atom. The molecule has 0 aliphatic rings. The number of alkyl halides is 2. The van der Waals surface area contributed by atoms with E-state index in [1.54, 1.807) is 19.2 Å². The number of methoxy groups -OCH3 is 1. The van der Waals surface area contributed by atoms with Gasteiger partial charge >= 0.3 is 6.61 Å². The molecule has 0 fully saturated rings. The molecule has 142 valence electrons. The second-order valence-corrected chi connectivity index (χ2v) is 5.13. The van der Waals surface area contributed by atoms with Crippen LogP contribution in [0.4, 0.5) is 8.78 Å². The predicted octanol–water partition coefficient (Wildman–Crippen LogP) is 3.78. The minimum absolute atomic E-state index is 0. The highest BCUT2D eigenvalue weighted by atomic mass is 127. The van der Waals surface area contributed by atoms with Crippen LogP contribution in [-0.4, -0.2) is 26.7 Å². The van der Waals surface area contributed by atoms with Crippen molar-refractivity contribution < 1.29 is 18.3 Å². The van der Waals surface area contributed by atoms with Crippen molar-refractivity contribution in [1.82, 2.24) is 10.6 Å². The second kappa shape index (κ2) is 11.5. The number of hydrogen-bond acceptors (Lipinski definition) is 3. The van der Waals surface area contributed by atoms with Crippen LogP contribution in [0.15, 0.2) is 53.5 Å².